The van der Waals surface area contributed by atoms with Crippen LogP contribution in [0.3, 0.4) is 0 Å². The van der Waals surface area contributed by atoms with Crippen LogP contribution >= 0.6 is 0 Å². The third kappa shape index (κ3) is 7.49. The first-order chi connectivity index (χ1) is 21.3. The summed E-state index contributed by atoms with van der Waals surface area (Å²) in [5.74, 6) is -0.568. The lowest BCUT2D eigenvalue weighted by Gasteiger charge is -2.34. The van der Waals surface area contributed by atoms with Crippen molar-refractivity contribution in [1.29, 1.82) is 0 Å². The van der Waals surface area contributed by atoms with Crippen molar-refractivity contribution in [2.24, 2.45) is 4.99 Å². The number of aryl methyl sites for hydroxylation is 3. The standard InChI is InChI=1S/C33H39F3N4O4S/c1-23-19-26-11-10-25(23)12-18-45(43,44)40-16-13-32(14-17-40)31(42)37-29(38-32)27-20-24(21-28(22-27)33(34,35)36)9-7-5-3-4-6-8-15-39(2)30(26)41/h3-4,10-11,19-22H,5-9,12-18H2,1-2H3,(H,37,38,42)/b4-3+. The predicted octanol–water partition coefficient (Wildman–Crippen LogP) is 5.04. The Hall–Kier alpha value is -3.51. The Balaban J connectivity index is 1.41. The number of carbonyl (C=O) groups is 2. The van der Waals surface area contributed by atoms with Gasteiger partial charge in [0.2, 0.25) is 10.0 Å². The number of amidine groups is 1. The van der Waals surface area contributed by atoms with Crippen molar-refractivity contribution in [3.8, 4) is 0 Å². The van der Waals surface area contributed by atoms with Gasteiger partial charge in [0.15, 0.2) is 0 Å². The van der Waals surface area contributed by atoms with E-state index in [-0.39, 0.29) is 55.4 Å². The molecule has 8 nitrogen and oxygen atoms in total. The SMILES string of the molecule is Cc1cc2ccc1CCS(=O)(=O)N1CCC3(CC1)N=C(NC3=O)c1cc(cc(C(F)(F)F)c1)CCC/C=C/CCCN(C)C2=O. The summed E-state index contributed by atoms with van der Waals surface area (Å²) >= 11 is 0. The largest absolute Gasteiger partial charge is 0.416 e. The Morgan fingerprint density at radius 1 is 0.911 bits per heavy atom. The maximum Gasteiger partial charge on any atom is 0.416 e. The van der Waals surface area contributed by atoms with Crippen molar-refractivity contribution in [1.82, 2.24) is 14.5 Å². The second kappa shape index (κ2) is 13.1. The summed E-state index contributed by atoms with van der Waals surface area (Å²) in [6.07, 6.45) is 3.26. The van der Waals surface area contributed by atoms with Gasteiger partial charge < -0.3 is 10.2 Å². The van der Waals surface area contributed by atoms with E-state index in [1.807, 2.05) is 25.1 Å². The normalized spacial score (nSPS) is 25.6. The summed E-state index contributed by atoms with van der Waals surface area (Å²) in [6, 6.07) is 9.14. The maximum absolute atomic E-state index is 13.8. The molecule has 0 atom stereocenters. The highest BCUT2D eigenvalue weighted by molar-refractivity contribution is 7.89. The summed E-state index contributed by atoms with van der Waals surface area (Å²) in [4.78, 5) is 32.4. The first kappa shape index (κ1) is 32.9. The molecule has 242 valence electrons. The number of allylic oxidation sites excluding steroid dienone is 2. The second-order valence-electron chi connectivity index (χ2n) is 12.2. The summed E-state index contributed by atoms with van der Waals surface area (Å²) in [5.41, 5.74) is 0.885. The first-order valence-electron chi connectivity index (χ1n) is 15.4. The number of piperidine rings is 1. The van der Waals surface area contributed by atoms with Crippen molar-refractivity contribution in [2.45, 2.75) is 70.0 Å². The van der Waals surface area contributed by atoms with Crippen LogP contribution in [0.4, 0.5) is 13.2 Å². The van der Waals surface area contributed by atoms with E-state index in [1.54, 1.807) is 30.1 Å². The minimum Gasteiger partial charge on any atom is -0.342 e. The molecular formula is C33H39F3N4O4S. The molecule has 2 aromatic carbocycles. The van der Waals surface area contributed by atoms with Crippen LogP contribution in [0.15, 0.2) is 53.5 Å². The lowest BCUT2D eigenvalue weighted by atomic mass is 9.89. The van der Waals surface area contributed by atoms with Crippen molar-refractivity contribution in [3.05, 3.63) is 81.9 Å². The second-order valence-corrected chi connectivity index (χ2v) is 14.3. The average Bonchev–Trinajstić information content (AvgIpc) is 3.31. The zero-order valence-corrected chi connectivity index (χ0v) is 26.4. The summed E-state index contributed by atoms with van der Waals surface area (Å²) in [6.45, 7) is 2.58. The molecule has 0 unspecified atom stereocenters. The zero-order chi connectivity index (χ0) is 32.4. The van der Waals surface area contributed by atoms with Crippen LogP contribution in [0.1, 0.15) is 76.7 Å². The van der Waals surface area contributed by atoms with Gasteiger partial charge in [-0.15, -0.1) is 0 Å². The number of nitrogens with zero attached hydrogens (tertiary/aromatic N) is 3. The number of hydrogen-bond acceptors (Lipinski definition) is 5. The van der Waals surface area contributed by atoms with E-state index in [1.165, 1.54) is 4.31 Å². The molecule has 1 N–H and O–H groups in total. The Bertz CT molecular complexity index is 1630. The molecule has 1 fully saturated rings. The Morgan fingerprint density at radius 3 is 2.31 bits per heavy atom. The van der Waals surface area contributed by atoms with Gasteiger partial charge >= 0.3 is 6.18 Å². The molecule has 5 aliphatic heterocycles. The van der Waals surface area contributed by atoms with Crippen molar-refractivity contribution in [3.63, 3.8) is 0 Å². The third-order valence-electron chi connectivity index (χ3n) is 8.95. The van der Waals surface area contributed by atoms with Crippen molar-refractivity contribution < 1.29 is 31.2 Å². The number of halogens is 3. The lowest BCUT2D eigenvalue weighted by Crippen LogP contribution is -2.50. The number of benzene rings is 2. The number of hydrogen-bond donors (Lipinski definition) is 1. The fourth-order valence-corrected chi connectivity index (χ4v) is 7.64. The summed E-state index contributed by atoms with van der Waals surface area (Å²) in [5, 5.41) is 2.69. The number of amides is 2. The number of alkyl halides is 3. The smallest absolute Gasteiger partial charge is 0.342 e. The molecule has 2 aromatic rings. The maximum atomic E-state index is 13.8. The number of fused-ring (bicyclic) bond motifs is 2. The van der Waals surface area contributed by atoms with Gasteiger partial charge in [0, 0.05) is 37.8 Å². The van der Waals surface area contributed by atoms with Gasteiger partial charge in [-0.3, -0.25) is 14.6 Å². The fraction of sp³-hybridized carbons (Fsp3) is 0.485. The van der Waals surface area contributed by atoms with E-state index < -0.39 is 33.2 Å². The highest BCUT2D eigenvalue weighted by Gasteiger charge is 2.47. The molecule has 7 bridgehead atoms. The minimum absolute atomic E-state index is 0.0760. The molecule has 0 aromatic heterocycles. The third-order valence-corrected chi connectivity index (χ3v) is 10.8. The Kier molecular flexibility index (Phi) is 9.55. The van der Waals surface area contributed by atoms with Crippen LogP contribution < -0.4 is 5.32 Å². The number of rotatable bonds is 0. The molecule has 0 radical (unpaired) electrons. The molecule has 5 heterocycles. The van der Waals surface area contributed by atoms with E-state index in [0.29, 0.717) is 36.9 Å². The first-order valence-corrected chi connectivity index (χ1v) is 17.0. The monoisotopic (exact) mass is 644 g/mol. The van der Waals surface area contributed by atoms with Gasteiger partial charge in [-0.2, -0.15) is 13.2 Å². The van der Waals surface area contributed by atoms with Crippen molar-refractivity contribution >= 4 is 27.7 Å². The molecule has 45 heavy (non-hydrogen) atoms. The van der Waals surface area contributed by atoms with Crippen LogP contribution in [-0.2, 0) is 33.8 Å². The molecular weight excluding hydrogens is 605 g/mol. The molecule has 1 spiro atoms. The molecule has 0 aliphatic carbocycles. The van der Waals surface area contributed by atoms with Gasteiger partial charge in [0.05, 0.1) is 11.3 Å². The predicted molar refractivity (Wildman–Crippen MR) is 167 cm³/mol. The van der Waals surface area contributed by atoms with Crippen LogP contribution in [0.5, 0.6) is 0 Å². The van der Waals surface area contributed by atoms with Crippen LogP contribution in [0.2, 0.25) is 0 Å². The lowest BCUT2D eigenvalue weighted by molar-refractivity contribution is -0.137. The van der Waals surface area contributed by atoms with E-state index in [4.69, 9.17) is 0 Å². The van der Waals surface area contributed by atoms with E-state index in [2.05, 4.69) is 10.3 Å². The number of aliphatic imine (C=N–C) groups is 1. The quantitative estimate of drug-likeness (QED) is 0.407. The van der Waals surface area contributed by atoms with E-state index >= 15 is 0 Å². The Morgan fingerprint density at radius 2 is 1.62 bits per heavy atom. The zero-order valence-electron chi connectivity index (χ0n) is 25.6. The van der Waals surface area contributed by atoms with Gasteiger partial charge in [-0.25, -0.2) is 12.7 Å². The highest BCUT2D eigenvalue weighted by Crippen LogP contribution is 2.35. The van der Waals surface area contributed by atoms with Gasteiger partial charge in [0.25, 0.3) is 11.8 Å². The van der Waals surface area contributed by atoms with Crippen molar-refractivity contribution in [2.75, 3.05) is 32.4 Å². The molecule has 0 saturated carbocycles. The number of carbonyl (C=O) groups excluding carboxylic acids is 2. The molecule has 5 aliphatic rings. The van der Waals surface area contributed by atoms with Crippen LogP contribution in [0, 0.1) is 6.92 Å². The molecule has 2 amide bonds. The fourth-order valence-electron chi connectivity index (χ4n) is 6.17. The number of nitrogens with one attached hydrogen (secondary N) is 1. The summed E-state index contributed by atoms with van der Waals surface area (Å²) < 4.78 is 69.4. The molecule has 1 saturated heterocycles. The molecule has 12 heteroatoms. The minimum atomic E-state index is -4.57. The van der Waals surface area contributed by atoms with Gasteiger partial charge in [0.1, 0.15) is 11.4 Å². The van der Waals surface area contributed by atoms with E-state index in [9.17, 15) is 31.2 Å². The summed E-state index contributed by atoms with van der Waals surface area (Å²) in [7, 11) is -1.91. The Labute approximate surface area is 262 Å². The van der Waals surface area contributed by atoms with Gasteiger partial charge in [-0.1, -0.05) is 18.2 Å². The number of sulfonamides is 1. The topological polar surface area (TPSA) is 99.2 Å². The average molecular weight is 645 g/mol. The highest BCUT2D eigenvalue weighted by atomic mass is 32.2. The van der Waals surface area contributed by atoms with Gasteiger partial charge in [-0.05, 0) is 105 Å². The van der Waals surface area contributed by atoms with Crippen LogP contribution in [-0.4, -0.2) is 73.2 Å². The van der Waals surface area contributed by atoms with Crippen LogP contribution in [0.25, 0.3) is 0 Å². The molecule has 7 rings (SSSR count). The van der Waals surface area contributed by atoms with E-state index in [0.717, 1.165) is 36.1 Å².